The van der Waals surface area contributed by atoms with Crippen molar-refractivity contribution in [3.05, 3.63) is 17.5 Å². The molecule has 1 atom stereocenters. The molecular formula is C10H18N4O. The Morgan fingerprint density at radius 3 is 2.80 bits per heavy atom. The van der Waals surface area contributed by atoms with Gasteiger partial charge in [0.1, 0.15) is 0 Å². The summed E-state index contributed by atoms with van der Waals surface area (Å²) in [6.45, 7) is 4.27. The van der Waals surface area contributed by atoms with E-state index < -0.39 is 0 Å². The molecule has 0 fully saturated rings. The van der Waals surface area contributed by atoms with E-state index in [2.05, 4.69) is 10.4 Å². The van der Waals surface area contributed by atoms with Crippen molar-refractivity contribution in [3.8, 4) is 0 Å². The Kier molecular flexibility index (Phi) is 3.85. The molecule has 0 aliphatic carbocycles. The zero-order chi connectivity index (χ0) is 11.4. The lowest BCUT2D eigenvalue weighted by molar-refractivity contribution is 0.0936. The first-order chi connectivity index (χ1) is 7.08. The predicted octanol–water partition coefficient (Wildman–Crippen LogP) is 0.196. The van der Waals surface area contributed by atoms with Crippen LogP contribution in [0.2, 0.25) is 0 Å². The largest absolute Gasteiger partial charge is 0.348 e. The molecule has 0 bridgehead atoms. The molecule has 0 aromatic carbocycles. The van der Waals surface area contributed by atoms with Gasteiger partial charge in [-0.3, -0.25) is 9.48 Å². The summed E-state index contributed by atoms with van der Waals surface area (Å²) in [6.07, 6.45) is 2.55. The second-order valence-corrected chi connectivity index (χ2v) is 3.62. The highest BCUT2D eigenvalue weighted by Gasteiger charge is 2.15. The van der Waals surface area contributed by atoms with Crippen molar-refractivity contribution in [3.63, 3.8) is 0 Å². The lowest BCUT2D eigenvalue weighted by Crippen LogP contribution is -2.39. The van der Waals surface area contributed by atoms with Crippen molar-refractivity contribution in [1.82, 2.24) is 15.1 Å². The SMILES string of the molecule is CCC(CN)NC(=O)c1cn(C)nc1C. The number of nitrogens with one attached hydrogen (secondary N) is 1. The number of nitrogens with two attached hydrogens (primary N) is 1. The Hall–Kier alpha value is -1.36. The van der Waals surface area contributed by atoms with Gasteiger partial charge in [0.25, 0.3) is 5.91 Å². The Labute approximate surface area is 89.6 Å². The normalized spacial score (nSPS) is 12.5. The molecule has 15 heavy (non-hydrogen) atoms. The molecule has 1 aromatic rings. The van der Waals surface area contributed by atoms with Crippen LogP contribution in [-0.2, 0) is 7.05 Å². The maximum absolute atomic E-state index is 11.8. The first-order valence-corrected chi connectivity index (χ1v) is 5.09. The lowest BCUT2D eigenvalue weighted by Gasteiger charge is -2.13. The molecule has 0 aliphatic rings. The average molecular weight is 210 g/mol. The maximum atomic E-state index is 11.8. The van der Waals surface area contributed by atoms with E-state index >= 15 is 0 Å². The summed E-state index contributed by atoms with van der Waals surface area (Å²) in [5.74, 6) is -0.0992. The topological polar surface area (TPSA) is 72.9 Å². The van der Waals surface area contributed by atoms with Crippen LogP contribution in [0.1, 0.15) is 29.4 Å². The molecule has 0 radical (unpaired) electrons. The molecule has 1 aromatic heterocycles. The molecule has 3 N–H and O–H groups in total. The van der Waals surface area contributed by atoms with Gasteiger partial charge in [0.05, 0.1) is 11.3 Å². The van der Waals surface area contributed by atoms with Gasteiger partial charge in [-0.25, -0.2) is 0 Å². The summed E-state index contributed by atoms with van der Waals surface area (Å²) < 4.78 is 1.63. The van der Waals surface area contributed by atoms with Crippen LogP contribution < -0.4 is 11.1 Å². The summed E-state index contributed by atoms with van der Waals surface area (Å²) in [7, 11) is 1.80. The van der Waals surface area contributed by atoms with E-state index in [-0.39, 0.29) is 11.9 Å². The third-order valence-corrected chi connectivity index (χ3v) is 2.37. The number of hydrogen-bond donors (Lipinski definition) is 2. The number of aromatic nitrogens is 2. The Morgan fingerprint density at radius 1 is 1.73 bits per heavy atom. The fourth-order valence-corrected chi connectivity index (χ4v) is 1.41. The molecule has 84 valence electrons. The molecule has 0 spiro atoms. The third-order valence-electron chi connectivity index (χ3n) is 2.37. The van der Waals surface area contributed by atoms with Crippen LogP contribution in [0.15, 0.2) is 6.20 Å². The Balaban J connectivity index is 2.72. The summed E-state index contributed by atoms with van der Waals surface area (Å²) in [5, 5.41) is 6.99. The molecule has 5 heteroatoms. The summed E-state index contributed by atoms with van der Waals surface area (Å²) in [5.41, 5.74) is 6.87. The zero-order valence-electron chi connectivity index (χ0n) is 9.45. The van der Waals surface area contributed by atoms with Crippen molar-refractivity contribution in [2.24, 2.45) is 12.8 Å². The van der Waals surface area contributed by atoms with Gasteiger partial charge in [-0.15, -0.1) is 0 Å². The first kappa shape index (κ1) is 11.7. The van der Waals surface area contributed by atoms with E-state index in [9.17, 15) is 4.79 Å². The zero-order valence-corrected chi connectivity index (χ0v) is 9.45. The number of carbonyl (C=O) groups excluding carboxylic acids is 1. The van der Waals surface area contributed by atoms with Gasteiger partial charge >= 0.3 is 0 Å². The number of rotatable bonds is 4. The van der Waals surface area contributed by atoms with Gasteiger partial charge in [0.15, 0.2) is 0 Å². The molecule has 0 aliphatic heterocycles. The van der Waals surface area contributed by atoms with Gasteiger partial charge in [-0.2, -0.15) is 5.10 Å². The lowest BCUT2D eigenvalue weighted by atomic mass is 10.2. The van der Waals surface area contributed by atoms with Crippen molar-refractivity contribution in [1.29, 1.82) is 0 Å². The number of aryl methyl sites for hydroxylation is 2. The van der Waals surface area contributed by atoms with Crippen LogP contribution in [0.5, 0.6) is 0 Å². The van der Waals surface area contributed by atoms with E-state index in [1.54, 1.807) is 17.9 Å². The van der Waals surface area contributed by atoms with E-state index in [0.717, 1.165) is 12.1 Å². The molecule has 1 unspecified atom stereocenters. The molecule has 5 nitrogen and oxygen atoms in total. The summed E-state index contributed by atoms with van der Waals surface area (Å²) in [4.78, 5) is 11.8. The van der Waals surface area contributed by atoms with Crippen LogP contribution in [0, 0.1) is 6.92 Å². The van der Waals surface area contributed by atoms with Crippen LogP contribution in [0.25, 0.3) is 0 Å². The maximum Gasteiger partial charge on any atom is 0.255 e. The number of hydrogen-bond acceptors (Lipinski definition) is 3. The Bertz CT molecular complexity index is 341. The minimum absolute atomic E-state index is 0.0390. The van der Waals surface area contributed by atoms with E-state index in [1.807, 2.05) is 13.8 Å². The van der Waals surface area contributed by atoms with E-state index in [0.29, 0.717) is 12.1 Å². The van der Waals surface area contributed by atoms with Crippen LogP contribution in [0.3, 0.4) is 0 Å². The molecule has 1 heterocycles. The molecule has 0 saturated heterocycles. The number of amides is 1. The smallest absolute Gasteiger partial charge is 0.255 e. The Morgan fingerprint density at radius 2 is 2.40 bits per heavy atom. The first-order valence-electron chi connectivity index (χ1n) is 5.09. The third kappa shape index (κ3) is 2.79. The van der Waals surface area contributed by atoms with Gasteiger partial charge < -0.3 is 11.1 Å². The highest BCUT2D eigenvalue weighted by atomic mass is 16.1. The monoisotopic (exact) mass is 210 g/mol. The van der Waals surface area contributed by atoms with Crippen LogP contribution in [-0.4, -0.2) is 28.3 Å². The van der Waals surface area contributed by atoms with Crippen LogP contribution in [0.4, 0.5) is 0 Å². The minimum Gasteiger partial charge on any atom is -0.348 e. The van der Waals surface area contributed by atoms with Crippen molar-refractivity contribution >= 4 is 5.91 Å². The highest BCUT2D eigenvalue weighted by Crippen LogP contribution is 2.04. The molecule has 1 amide bonds. The standard InChI is InChI=1S/C10H18N4O/c1-4-8(5-11)12-10(15)9-6-14(3)13-7(9)2/h6,8H,4-5,11H2,1-3H3,(H,12,15). The van der Waals surface area contributed by atoms with E-state index in [1.165, 1.54) is 0 Å². The molecular weight excluding hydrogens is 192 g/mol. The van der Waals surface area contributed by atoms with Crippen molar-refractivity contribution < 1.29 is 4.79 Å². The fourth-order valence-electron chi connectivity index (χ4n) is 1.41. The van der Waals surface area contributed by atoms with Crippen molar-refractivity contribution in [2.75, 3.05) is 6.54 Å². The molecule has 1 rings (SSSR count). The number of nitrogens with zero attached hydrogens (tertiary/aromatic N) is 2. The second-order valence-electron chi connectivity index (χ2n) is 3.62. The van der Waals surface area contributed by atoms with Crippen molar-refractivity contribution in [2.45, 2.75) is 26.3 Å². The quantitative estimate of drug-likeness (QED) is 0.745. The van der Waals surface area contributed by atoms with Gasteiger partial charge in [-0.1, -0.05) is 6.92 Å². The number of carbonyl (C=O) groups is 1. The van der Waals surface area contributed by atoms with Gasteiger partial charge in [-0.05, 0) is 13.3 Å². The van der Waals surface area contributed by atoms with Gasteiger partial charge in [0.2, 0.25) is 0 Å². The summed E-state index contributed by atoms with van der Waals surface area (Å²) in [6, 6.07) is 0.0390. The van der Waals surface area contributed by atoms with Gasteiger partial charge in [0, 0.05) is 25.8 Å². The van der Waals surface area contributed by atoms with E-state index in [4.69, 9.17) is 5.73 Å². The second kappa shape index (κ2) is 4.93. The highest BCUT2D eigenvalue weighted by molar-refractivity contribution is 5.95. The average Bonchev–Trinajstić information content (AvgIpc) is 2.54. The predicted molar refractivity (Wildman–Crippen MR) is 58.5 cm³/mol. The summed E-state index contributed by atoms with van der Waals surface area (Å²) >= 11 is 0. The molecule has 0 saturated carbocycles. The minimum atomic E-state index is -0.0992. The fraction of sp³-hybridized carbons (Fsp3) is 0.600. The van der Waals surface area contributed by atoms with Crippen LogP contribution >= 0.6 is 0 Å².